The Morgan fingerprint density at radius 2 is 2.00 bits per heavy atom. The van der Waals surface area contributed by atoms with E-state index in [1.165, 1.54) is 32.1 Å². The Morgan fingerprint density at radius 3 is 2.69 bits per heavy atom. The quantitative estimate of drug-likeness (QED) is 0.799. The van der Waals surface area contributed by atoms with Crippen LogP contribution in [0.25, 0.3) is 10.9 Å². The molecule has 3 rings (SSSR count). The van der Waals surface area contributed by atoms with E-state index in [-0.39, 0.29) is 5.91 Å². The van der Waals surface area contributed by atoms with Crippen LogP contribution in [0.15, 0.2) is 24.3 Å². The average molecular weight is 356 g/mol. The van der Waals surface area contributed by atoms with Crippen molar-refractivity contribution >= 4 is 22.7 Å². The fraction of sp³-hybridized carbons (Fsp3) is 0.550. The lowest BCUT2D eigenvalue weighted by Gasteiger charge is -2.21. The van der Waals surface area contributed by atoms with Crippen LogP contribution in [0.5, 0.6) is 0 Å². The second-order valence-electron chi connectivity index (χ2n) is 7.27. The monoisotopic (exact) mass is 356 g/mol. The Morgan fingerprint density at radius 1 is 1.27 bits per heavy atom. The van der Waals surface area contributed by atoms with Crippen molar-refractivity contribution in [1.82, 2.24) is 15.1 Å². The number of carbonyl (C=O) groups is 2. The van der Waals surface area contributed by atoms with Gasteiger partial charge < -0.3 is 11.1 Å². The molecule has 2 aromatic rings. The summed E-state index contributed by atoms with van der Waals surface area (Å²) in [5.41, 5.74) is 6.75. The zero-order chi connectivity index (χ0) is 18.5. The van der Waals surface area contributed by atoms with Gasteiger partial charge in [0.25, 0.3) is 5.91 Å². The Labute approximate surface area is 154 Å². The molecule has 0 spiro atoms. The first kappa shape index (κ1) is 18.4. The Balaban J connectivity index is 1.85. The molecular formula is C20H28N4O2. The lowest BCUT2D eigenvalue weighted by molar-refractivity contribution is -0.120. The lowest BCUT2D eigenvalue weighted by atomic mass is 9.89. The summed E-state index contributed by atoms with van der Waals surface area (Å²) in [5.74, 6) is -0.228. The molecule has 1 atom stereocenters. The molecule has 1 saturated carbocycles. The number of carbonyl (C=O) groups excluding carboxylic acids is 2. The molecule has 26 heavy (non-hydrogen) atoms. The number of amides is 2. The summed E-state index contributed by atoms with van der Waals surface area (Å²) in [5, 5.41) is 8.18. The summed E-state index contributed by atoms with van der Waals surface area (Å²) in [6, 6.07) is 7.12. The van der Waals surface area contributed by atoms with Crippen molar-refractivity contribution < 1.29 is 9.59 Å². The molecule has 1 aliphatic carbocycles. The second kappa shape index (κ2) is 8.34. The number of hydrogen-bond donors (Lipinski definition) is 2. The van der Waals surface area contributed by atoms with Crippen LogP contribution in [0, 0.1) is 5.92 Å². The van der Waals surface area contributed by atoms with Gasteiger partial charge in [-0.1, -0.05) is 50.8 Å². The molecule has 1 fully saturated rings. The molecule has 140 valence electrons. The van der Waals surface area contributed by atoms with Crippen molar-refractivity contribution in [3.8, 4) is 0 Å². The summed E-state index contributed by atoms with van der Waals surface area (Å²) in [4.78, 5) is 24.3. The van der Waals surface area contributed by atoms with Gasteiger partial charge in [0.15, 0.2) is 5.69 Å². The van der Waals surface area contributed by atoms with Gasteiger partial charge in [-0.25, -0.2) is 0 Å². The molecule has 1 aromatic heterocycles. The van der Waals surface area contributed by atoms with Crippen LogP contribution in [0.3, 0.4) is 0 Å². The Kier molecular flexibility index (Phi) is 5.91. The first-order chi connectivity index (χ1) is 12.6. The number of aromatic nitrogens is 2. The number of nitrogens with one attached hydrogen (secondary N) is 1. The number of hydrogen-bond acceptors (Lipinski definition) is 3. The molecule has 3 N–H and O–H groups in total. The molecular weight excluding hydrogens is 328 g/mol. The molecule has 0 radical (unpaired) electrons. The van der Waals surface area contributed by atoms with E-state index in [0.717, 1.165) is 23.9 Å². The highest BCUT2D eigenvalue weighted by atomic mass is 16.2. The fourth-order valence-corrected chi connectivity index (χ4v) is 3.85. The minimum Gasteiger partial charge on any atom is -0.368 e. The van der Waals surface area contributed by atoms with E-state index in [0.29, 0.717) is 18.0 Å². The third-order valence-corrected chi connectivity index (χ3v) is 5.26. The van der Waals surface area contributed by atoms with Gasteiger partial charge in [-0.3, -0.25) is 14.3 Å². The third-order valence-electron chi connectivity index (χ3n) is 5.26. The van der Waals surface area contributed by atoms with Gasteiger partial charge in [-0.15, -0.1) is 0 Å². The second-order valence-corrected chi connectivity index (χ2v) is 7.27. The zero-order valence-corrected chi connectivity index (χ0v) is 15.4. The number of para-hydroxylation sites is 1. The van der Waals surface area contributed by atoms with E-state index < -0.39 is 11.9 Å². The van der Waals surface area contributed by atoms with Gasteiger partial charge in [0.1, 0.15) is 6.04 Å². The number of rotatable bonds is 7. The molecule has 1 heterocycles. The molecule has 2 amide bonds. The molecule has 0 saturated heterocycles. The maximum atomic E-state index is 12.8. The van der Waals surface area contributed by atoms with Crippen LogP contribution < -0.4 is 11.1 Å². The van der Waals surface area contributed by atoms with Crippen molar-refractivity contribution in [3.63, 3.8) is 0 Å². The standard InChI is InChI=1S/C20H28N4O2/c1-2-8-16(19(21)25)22-20(26)18-15-11-6-7-12-17(15)24(23-18)13-14-9-4-3-5-10-14/h6-7,11-12,14,16H,2-5,8-10,13H2,1H3,(H2,21,25)(H,22,26)/t16-/m0/s1. The first-order valence-electron chi connectivity index (χ1n) is 9.66. The SMILES string of the molecule is CCC[C@H](NC(=O)c1nn(CC2CCCCC2)c2ccccc12)C(N)=O. The third kappa shape index (κ3) is 4.06. The highest BCUT2D eigenvalue weighted by Gasteiger charge is 2.23. The van der Waals surface area contributed by atoms with Gasteiger partial charge in [-0.2, -0.15) is 5.10 Å². The van der Waals surface area contributed by atoms with Gasteiger partial charge in [-0.05, 0) is 31.2 Å². The van der Waals surface area contributed by atoms with Crippen molar-refractivity contribution in [3.05, 3.63) is 30.0 Å². The number of benzene rings is 1. The normalized spacial score (nSPS) is 16.5. The van der Waals surface area contributed by atoms with Crippen LogP contribution in [0.4, 0.5) is 0 Å². The molecule has 0 bridgehead atoms. The van der Waals surface area contributed by atoms with E-state index in [2.05, 4.69) is 10.4 Å². The van der Waals surface area contributed by atoms with Crippen LogP contribution in [0.2, 0.25) is 0 Å². The Bertz CT molecular complexity index is 777. The highest BCUT2D eigenvalue weighted by Crippen LogP contribution is 2.27. The predicted molar refractivity (Wildman–Crippen MR) is 102 cm³/mol. The highest BCUT2D eigenvalue weighted by molar-refractivity contribution is 6.06. The van der Waals surface area contributed by atoms with Crippen molar-refractivity contribution in [1.29, 1.82) is 0 Å². The molecule has 0 unspecified atom stereocenters. The van der Waals surface area contributed by atoms with E-state index in [9.17, 15) is 9.59 Å². The van der Waals surface area contributed by atoms with Crippen LogP contribution in [0.1, 0.15) is 62.4 Å². The van der Waals surface area contributed by atoms with Gasteiger partial charge in [0, 0.05) is 11.9 Å². The molecule has 6 heteroatoms. The molecule has 1 aromatic carbocycles. The van der Waals surface area contributed by atoms with E-state index >= 15 is 0 Å². The number of nitrogens with zero attached hydrogens (tertiary/aromatic N) is 2. The summed E-state index contributed by atoms with van der Waals surface area (Å²) in [7, 11) is 0. The van der Waals surface area contributed by atoms with E-state index in [1.807, 2.05) is 35.9 Å². The molecule has 6 nitrogen and oxygen atoms in total. The number of fused-ring (bicyclic) bond motifs is 1. The van der Waals surface area contributed by atoms with Crippen LogP contribution >= 0.6 is 0 Å². The van der Waals surface area contributed by atoms with Crippen LogP contribution in [-0.2, 0) is 11.3 Å². The average Bonchev–Trinajstić information content (AvgIpc) is 3.01. The summed E-state index contributed by atoms with van der Waals surface area (Å²) in [6.45, 7) is 2.79. The predicted octanol–water partition coefficient (Wildman–Crippen LogP) is 3.00. The fourth-order valence-electron chi connectivity index (χ4n) is 3.85. The maximum absolute atomic E-state index is 12.8. The largest absolute Gasteiger partial charge is 0.368 e. The smallest absolute Gasteiger partial charge is 0.273 e. The minimum absolute atomic E-state index is 0.333. The Hall–Kier alpha value is -2.37. The number of nitrogens with two attached hydrogens (primary N) is 1. The van der Waals surface area contributed by atoms with Gasteiger partial charge in [0.2, 0.25) is 5.91 Å². The van der Waals surface area contributed by atoms with Crippen molar-refractivity contribution in [2.24, 2.45) is 11.7 Å². The summed E-state index contributed by atoms with van der Waals surface area (Å²) < 4.78 is 1.96. The molecule has 1 aliphatic rings. The van der Waals surface area contributed by atoms with Crippen molar-refractivity contribution in [2.75, 3.05) is 0 Å². The lowest BCUT2D eigenvalue weighted by Crippen LogP contribution is -2.44. The van der Waals surface area contributed by atoms with E-state index in [1.54, 1.807) is 0 Å². The zero-order valence-electron chi connectivity index (χ0n) is 15.4. The topological polar surface area (TPSA) is 90.0 Å². The summed E-state index contributed by atoms with van der Waals surface area (Å²) >= 11 is 0. The first-order valence-corrected chi connectivity index (χ1v) is 9.66. The number of primary amides is 1. The van der Waals surface area contributed by atoms with Gasteiger partial charge in [0.05, 0.1) is 5.52 Å². The summed E-state index contributed by atoms with van der Waals surface area (Å²) in [6.07, 6.45) is 7.59. The van der Waals surface area contributed by atoms with Gasteiger partial charge >= 0.3 is 0 Å². The maximum Gasteiger partial charge on any atom is 0.273 e. The van der Waals surface area contributed by atoms with Crippen LogP contribution in [-0.4, -0.2) is 27.6 Å². The van der Waals surface area contributed by atoms with E-state index in [4.69, 9.17) is 5.73 Å². The van der Waals surface area contributed by atoms with Crippen molar-refractivity contribution in [2.45, 2.75) is 64.5 Å². The molecule has 0 aliphatic heterocycles. The minimum atomic E-state index is -0.658.